The summed E-state index contributed by atoms with van der Waals surface area (Å²) in [5.74, 6) is 3.74. The van der Waals surface area contributed by atoms with E-state index in [-0.39, 0.29) is 0 Å². The summed E-state index contributed by atoms with van der Waals surface area (Å²) in [6, 6.07) is 6.54. The molecule has 0 radical (unpaired) electrons. The van der Waals surface area contributed by atoms with Crippen molar-refractivity contribution >= 4 is 11.8 Å². The maximum atomic E-state index is 5.69. The zero-order valence-corrected chi connectivity index (χ0v) is 14.4. The maximum Gasteiger partial charge on any atom is 0.226 e. The van der Waals surface area contributed by atoms with Crippen molar-refractivity contribution in [1.82, 2.24) is 14.9 Å². The molecule has 1 atom stereocenters. The van der Waals surface area contributed by atoms with Crippen molar-refractivity contribution in [3.63, 3.8) is 0 Å². The van der Waals surface area contributed by atoms with Crippen molar-refractivity contribution in [2.45, 2.75) is 25.9 Å². The lowest BCUT2D eigenvalue weighted by Gasteiger charge is -2.26. The highest BCUT2D eigenvalue weighted by Gasteiger charge is 2.27. The molecule has 1 aliphatic rings. The Bertz CT molecular complexity index is 654. The summed E-state index contributed by atoms with van der Waals surface area (Å²) < 4.78 is 5.69. The average Bonchev–Trinajstić information content (AvgIpc) is 3.16. The molecule has 6 heteroatoms. The molecule has 1 unspecified atom stereocenters. The van der Waals surface area contributed by atoms with Crippen LogP contribution >= 0.6 is 0 Å². The minimum atomic E-state index is 0.468. The van der Waals surface area contributed by atoms with Crippen LogP contribution in [-0.2, 0) is 6.54 Å². The molecule has 0 aliphatic carbocycles. The lowest BCUT2D eigenvalue weighted by atomic mass is 10.2. The van der Waals surface area contributed by atoms with Crippen LogP contribution in [0.2, 0.25) is 0 Å². The Balaban J connectivity index is 1.63. The van der Waals surface area contributed by atoms with Gasteiger partial charge in [0, 0.05) is 46.5 Å². The van der Waals surface area contributed by atoms with E-state index < -0.39 is 0 Å². The van der Waals surface area contributed by atoms with Gasteiger partial charge in [-0.15, -0.1) is 0 Å². The Morgan fingerprint density at radius 2 is 2.09 bits per heavy atom. The highest BCUT2D eigenvalue weighted by molar-refractivity contribution is 5.43. The molecular formula is C17H25N5O. The lowest BCUT2D eigenvalue weighted by Crippen LogP contribution is -2.35. The molecule has 0 aromatic carbocycles. The SMILES string of the molecule is Cc1ccc(CN2CCC(N(C)c3ccnc(N(C)C)n3)C2)o1. The van der Waals surface area contributed by atoms with Gasteiger partial charge in [-0.2, -0.15) is 4.98 Å². The number of likely N-dealkylation sites (tertiary alicyclic amines) is 1. The first-order chi connectivity index (χ1) is 11.0. The predicted octanol–water partition coefficient (Wildman–Crippen LogP) is 2.15. The molecule has 3 heterocycles. The number of nitrogens with zero attached hydrogens (tertiary/aromatic N) is 5. The number of hydrogen-bond donors (Lipinski definition) is 0. The molecule has 1 aliphatic heterocycles. The number of likely N-dealkylation sites (N-methyl/N-ethyl adjacent to an activating group) is 1. The highest BCUT2D eigenvalue weighted by Crippen LogP contribution is 2.22. The molecule has 2 aromatic heterocycles. The molecule has 0 spiro atoms. The molecule has 6 nitrogen and oxygen atoms in total. The topological polar surface area (TPSA) is 48.6 Å². The highest BCUT2D eigenvalue weighted by atomic mass is 16.3. The van der Waals surface area contributed by atoms with E-state index in [9.17, 15) is 0 Å². The zero-order chi connectivity index (χ0) is 16.4. The van der Waals surface area contributed by atoms with Gasteiger partial charge in [0.2, 0.25) is 5.95 Å². The fourth-order valence-electron chi connectivity index (χ4n) is 3.00. The summed E-state index contributed by atoms with van der Waals surface area (Å²) in [6.07, 6.45) is 2.96. The van der Waals surface area contributed by atoms with E-state index in [4.69, 9.17) is 4.42 Å². The van der Waals surface area contributed by atoms with Gasteiger partial charge in [-0.05, 0) is 31.5 Å². The van der Waals surface area contributed by atoms with Crippen LogP contribution in [-0.4, -0.2) is 55.1 Å². The number of hydrogen-bond acceptors (Lipinski definition) is 6. The van der Waals surface area contributed by atoms with Gasteiger partial charge in [-0.3, -0.25) is 4.90 Å². The Morgan fingerprint density at radius 1 is 1.26 bits per heavy atom. The van der Waals surface area contributed by atoms with E-state index in [1.54, 1.807) is 0 Å². The van der Waals surface area contributed by atoms with E-state index in [0.29, 0.717) is 6.04 Å². The monoisotopic (exact) mass is 315 g/mol. The first-order valence-corrected chi connectivity index (χ1v) is 8.04. The molecule has 1 saturated heterocycles. The van der Waals surface area contributed by atoms with Gasteiger partial charge in [0.05, 0.1) is 6.54 Å². The van der Waals surface area contributed by atoms with Crippen LogP contribution in [0.25, 0.3) is 0 Å². The second-order valence-corrected chi connectivity index (χ2v) is 6.41. The number of aryl methyl sites for hydroxylation is 1. The first kappa shape index (κ1) is 15.8. The van der Waals surface area contributed by atoms with Gasteiger partial charge in [0.25, 0.3) is 0 Å². The van der Waals surface area contributed by atoms with Crippen molar-refractivity contribution < 1.29 is 4.42 Å². The summed E-state index contributed by atoms with van der Waals surface area (Å²) in [7, 11) is 6.04. The molecule has 0 bridgehead atoms. The minimum Gasteiger partial charge on any atom is -0.465 e. The third-order valence-corrected chi connectivity index (χ3v) is 4.36. The van der Waals surface area contributed by atoms with Crippen LogP contribution in [0.5, 0.6) is 0 Å². The van der Waals surface area contributed by atoms with E-state index >= 15 is 0 Å². The largest absolute Gasteiger partial charge is 0.465 e. The van der Waals surface area contributed by atoms with Crippen LogP contribution in [0.1, 0.15) is 17.9 Å². The number of furan rings is 1. The molecule has 124 valence electrons. The van der Waals surface area contributed by atoms with Crippen LogP contribution in [0.4, 0.5) is 11.8 Å². The summed E-state index contributed by atoms with van der Waals surface area (Å²) in [6.45, 7) is 4.98. The smallest absolute Gasteiger partial charge is 0.226 e. The second kappa shape index (κ2) is 6.58. The Kier molecular flexibility index (Phi) is 4.52. The Labute approximate surface area is 137 Å². The predicted molar refractivity (Wildman–Crippen MR) is 91.9 cm³/mol. The fraction of sp³-hybridized carbons (Fsp3) is 0.529. The maximum absolute atomic E-state index is 5.69. The molecule has 0 N–H and O–H groups in total. The van der Waals surface area contributed by atoms with Gasteiger partial charge >= 0.3 is 0 Å². The minimum absolute atomic E-state index is 0.468. The van der Waals surface area contributed by atoms with Crippen LogP contribution in [0, 0.1) is 6.92 Å². The number of anilines is 2. The van der Waals surface area contributed by atoms with Crippen LogP contribution in [0.3, 0.4) is 0 Å². The third kappa shape index (κ3) is 3.64. The zero-order valence-electron chi connectivity index (χ0n) is 14.4. The summed E-state index contributed by atoms with van der Waals surface area (Å²) in [4.78, 5) is 15.6. The number of rotatable bonds is 5. The van der Waals surface area contributed by atoms with Crippen molar-refractivity contribution in [2.75, 3.05) is 44.0 Å². The normalized spacial score (nSPS) is 18.3. The van der Waals surface area contributed by atoms with Gasteiger partial charge in [-0.1, -0.05) is 0 Å². The van der Waals surface area contributed by atoms with Crippen LogP contribution < -0.4 is 9.80 Å². The quantitative estimate of drug-likeness (QED) is 0.843. The van der Waals surface area contributed by atoms with E-state index in [1.165, 1.54) is 0 Å². The summed E-state index contributed by atoms with van der Waals surface area (Å²) >= 11 is 0. The Hall–Kier alpha value is -2.08. The van der Waals surface area contributed by atoms with Crippen molar-refractivity contribution in [1.29, 1.82) is 0 Å². The molecule has 3 rings (SSSR count). The van der Waals surface area contributed by atoms with Gasteiger partial charge in [0.15, 0.2) is 0 Å². The number of aromatic nitrogens is 2. The Morgan fingerprint density at radius 3 is 2.78 bits per heavy atom. The van der Waals surface area contributed by atoms with E-state index in [1.807, 2.05) is 44.2 Å². The van der Waals surface area contributed by atoms with E-state index in [2.05, 4.69) is 32.9 Å². The average molecular weight is 315 g/mol. The second-order valence-electron chi connectivity index (χ2n) is 6.41. The van der Waals surface area contributed by atoms with Gasteiger partial charge < -0.3 is 14.2 Å². The van der Waals surface area contributed by atoms with Crippen molar-refractivity contribution in [2.24, 2.45) is 0 Å². The molecule has 1 fully saturated rings. The lowest BCUT2D eigenvalue weighted by molar-refractivity contribution is 0.291. The van der Waals surface area contributed by atoms with E-state index in [0.717, 1.165) is 49.3 Å². The molecular weight excluding hydrogens is 290 g/mol. The van der Waals surface area contributed by atoms with Gasteiger partial charge in [-0.25, -0.2) is 4.98 Å². The van der Waals surface area contributed by atoms with Crippen molar-refractivity contribution in [3.05, 3.63) is 35.9 Å². The standard InChI is InChI=1S/C17H25N5O/c1-13-5-6-15(23-13)12-22-10-8-14(11-22)21(4)16-7-9-18-17(19-16)20(2)3/h5-7,9,14H,8,10-12H2,1-4H3. The molecule has 0 amide bonds. The summed E-state index contributed by atoms with van der Waals surface area (Å²) in [5, 5.41) is 0. The summed E-state index contributed by atoms with van der Waals surface area (Å²) in [5.41, 5.74) is 0. The third-order valence-electron chi connectivity index (χ3n) is 4.36. The molecule has 2 aromatic rings. The van der Waals surface area contributed by atoms with Crippen molar-refractivity contribution in [3.8, 4) is 0 Å². The molecule has 0 saturated carbocycles. The van der Waals surface area contributed by atoms with Crippen LogP contribution in [0.15, 0.2) is 28.8 Å². The first-order valence-electron chi connectivity index (χ1n) is 8.04. The fourth-order valence-corrected chi connectivity index (χ4v) is 3.00. The molecule has 23 heavy (non-hydrogen) atoms. The van der Waals surface area contributed by atoms with Gasteiger partial charge in [0.1, 0.15) is 17.3 Å².